The molecule has 0 bridgehead atoms. The Morgan fingerprint density at radius 1 is 1.07 bits per heavy atom. The van der Waals surface area contributed by atoms with Crippen LogP contribution in [0.1, 0.15) is 25.5 Å². The zero-order valence-corrected chi connectivity index (χ0v) is 16.9. The van der Waals surface area contributed by atoms with E-state index in [-0.39, 0.29) is 12.1 Å². The average Bonchev–Trinajstić information content (AvgIpc) is 3.20. The highest BCUT2D eigenvalue weighted by Crippen LogP contribution is 2.29. The second kappa shape index (κ2) is 8.65. The van der Waals surface area contributed by atoms with Crippen molar-refractivity contribution in [3.63, 3.8) is 0 Å². The first-order valence-corrected chi connectivity index (χ1v) is 9.94. The van der Waals surface area contributed by atoms with Crippen LogP contribution in [0, 0.1) is 0 Å². The number of carbonyl (C=O) groups is 1. The molecule has 0 saturated carbocycles. The molecular weight excluding hydrogens is 376 g/mol. The third kappa shape index (κ3) is 4.25. The fourth-order valence-electron chi connectivity index (χ4n) is 3.34. The average molecular weight is 400 g/mol. The van der Waals surface area contributed by atoms with Gasteiger partial charge in [-0.05, 0) is 37.6 Å². The van der Waals surface area contributed by atoms with E-state index in [2.05, 4.69) is 50.0 Å². The number of amides is 2. The maximum Gasteiger partial charge on any atom is 0.319 e. The number of benzene rings is 2. The topological polar surface area (TPSA) is 94.7 Å². The predicted octanol–water partition coefficient (Wildman–Crippen LogP) is 4.94. The fraction of sp³-hybridized carbons (Fsp3) is 0.174. The number of nitrogens with zero attached hydrogens (tertiary/aromatic N) is 2. The van der Waals surface area contributed by atoms with Gasteiger partial charge in [-0.15, -0.1) is 0 Å². The number of hydrogen-bond donors (Lipinski definition) is 4. The maximum absolute atomic E-state index is 11.8. The number of aromatic nitrogens is 3. The van der Waals surface area contributed by atoms with Crippen molar-refractivity contribution in [3.8, 4) is 11.3 Å². The first-order valence-electron chi connectivity index (χ1n) is 9.94. The van der Waals surface area contributed by atoms with Crippen molar-refractivity contribution in [1.29, 1.82) is 0 Å². The van der Waals surface area contributed by atoms with Crippen LogP contribution in [0.25, 0.3) is 22.3 Å². The van der Waals surface area contributed by atoms with Gasteiger partial charge in [-0.1, -0.05) is 42.5 Å². The summed E-state index contributed by atoms with van der Waals surface area (Å²) in [4.78, 5) is 24.0. The Labute approximate surface area is 175 Å². The van der Waals surface area contributed by atoms with Crippen LogP contribution in [0.3, 0.4) is 0 Å². The molecular formula is C23H24N6O. The molecule has 0 saturated heterocycles. The van der Waals surface area contributed by atoms with Crippen LogP contribution in [-0.4, -0.2) is 27.5 Å². The Balaban J connectivity index is 1.61. The van der Waals surface area contributed by atoms with Crippen molar-refractivity contribution >= 4 is 28.6 Å². The molecule has 4 N–H and O–H groups in total. The van der Waals surface area contributed by atoms with Crippen molar-refractivity contribution in [1.82, 2.24) is 20.3 Å². The Morgan fingerprint density at radius 2 is 1.90 bits per heavy atom. The number of aromatic amines is 1. The van der Waals surface area contributed by atoms with E-state index in [1.54, 1.807) is 6.33 Å². The highest BCUT2D eigenvalue weighted by molar-refractivity contribution is 5.93. The molecule has 2 aromatic carbocycles. The van der Waals surface area contributed by atoms with Crippen molar-refractivity contribution in [2.75, 3.05) is 17.2 Å². The molecule has 0 aliphatic heterocycles. The fourth-order valence-corrected chi connectivity index (χ4v) is 3.34. The minimum atomic E-state index is -0.224. The van der Waals surface area contributed by atoms with Crippen LogP contribution < -0.4 is 16.0 Å². The Morgan fingerprint density at radius 3 is 2.70 bits per heavy atom. The summed E-state index contributed by atoms with van der Waals surface area (Å²) in [6, 6.07) is 19.8. The molecule has 7 nitrogen and oxygen atoms in total. The molecule has 1 unspecified atom stereocenters. The number of carbonyl (C=O) groups excluding carboxylic acids is 1. The summed E-state index contributed by atoms with van der Waals surface area (Å²) in [7, 11) is 0. The van der Waals surface area contributed by atoms with E-state index in [0.717, 1.165) is 33.8 Å². The minimum absolute atomic E-state index is 0.104. The molecule has 0 radical (unpaired) electrons. The van der Waals surface area contributed by atoms with E-state index in [0.29, 0.717) is 6.54 Å². The summed E-state index contributed by atoms with van der Waals surface area (Å²) in [5.74, 6) is 0.774. The van der Waals surface area contributed by atoms with Gasteiger partial charge >= 0.3 is 6.03 Å². The zero-order valence-electron chi connectivity index (χ0n) is 16.9. The highest BCUT2D eigenvalue weighted by atomic mass is 16.2. The highest BCUT2D eigenvalue weighted by Gasteiger charge is 2.13. The molecule has 0 fully saturated rings. The Hall–Kier alpha value is -3.87. The summed E-state index contributed by atoms with van der Waals surface area (Å²) in [5, 5.41) is 9.96. The lowest BCUT2D eigenvalue weighted by molar-refractivity contribution is 0.252. The van der Waals surface area contributed by atoms with Crippen LogP contribution in [0.5, 0.6) is 0 Å². The molecule has 4 rings (SSSR count). The molecule has 0 aliphatic rings. The molecule has 2 heterocycles. The van der Waals surface area contributed by atoms with E-state index in [9.17, 15) is 4.79 Å². The number of nitrogens with one attached hydrogen (secondary N) is 4. The molecule has 7 heteroatoms. The molecule has 152 valence electrons. The SMILES string of the molecule is CCNC(=O)Nc1cccc(-c2cc3c(NC(C)c4ccccc4)ncnc3[nH]2)c1. The lowest BCUT2D eigenvalue weighted by Gasteiger charge is -2.15. The largest absolute Gasteiger partial charge is 0.363 e. The van der Waals surface area contributed by atoms with E-state index in [1.165, 1.54) is 5.56 Å². The predicted molar refractivity (Wildman–Crippen MR) is 120 cm³/mol. The van der Waals surface area contributed by atoms with Crippen LogP contribution in [0.15, 0.2) is 67.0 Å². The van der Waals surface area contributed by atoms with Crippen molar-refractivity contribution < 1.29 is 4.79 Å². The first kappa shape index (κ1) is 19.4. The normalized spacial score (nSPS) is 11.8. The molecule has 2 amide bonds. The van der Waals surface area contributed by atoms with E-state index < -0.39 is 0 Å². The second-order valence-corrected chi connectivity index (χ2v) is 7.01. The van der Waals surface area contributed by atoms with Gasteiger partial charge in [-0.2, -0.15) is 0 Å². The zero-order chi connectivity index (χ0) is 20.9. The van der Waals surface area contributed by atoms with Crippen molar-refractivity contribution in [2.45, 2.75) is 19.9 Å². The minimum Gasteiger partial charge on any atom is -0.363 e. The second-order valence-electron chi connectivity index (χ2n) is 7.01. The number of anilines is 2. The van der Waals surface area contributed by atoms with Crippen molar-refractivity contribution in [2.24, 2.45) is 0 Å². The molecule has 30 heavy (non-hydrogen) atoms. The third-order valence-corrected chi connectivity index (χ3v) is 4.85. The smallest absolute Gasteiger partial charge is 0.319 e. The van der Waals surface area contributed by atoms with Gasteiger partial charge in [0.15, 0.2) is 0 Å². The third-order valence-electron chi connectivity index (χ3n) is 4.85. The van der Waals surface area contributed by atoms with Crippen LogP contribution >= 0.6 is 0 Å². The number of rotatable bonds is 6. The van der Waals surface area contributed by atoms with Gasteiger partial charge in [0.2, 0.25) is 0 Å². The number of urea groups is 1. The lowest BCUT2D eigenvalue weighted by atomic mass is 10.1. The Bertz CT molecular complexity index is 1150. The molecule has 0 spiro atoms. The summed E-state index contributed by atoms with van der Waals surface area (Å²) < 4.78 is 0. The first-order chi connectivity index (χ1) is 14.6. The van der Waals surface area contributed by atoms with Gasteiger partial charge in [0.1, 0.15) is 17.8 Å². The Kier molecular flexibility index (Phi) is 5.61. The summed E-state index contributed by atoms with van der Waals surface area (Å²) in [6.07, 6.45) is 1.55. The van der Waals surface area contributed by atoms with Gasteiger partial charge in [-0.25, -0.2) is 14.8 Å². The quantitative estimate of drug-likeness (QED) is 0.369. The number of fused-ring (bicyclic) bond motifs is 1. The van der Waals surface area contributed by atoms with Crippen molar-refractivity contribution in [3.05, 3.63) is 72.6 Å². The molecule has 4 aromatic rings. The lowest BCUT2D eigenvalue weighted by Crippen LogP contribution is -2.28. The van der Waals surface area contributed by atoms with Gasteiger partial charge in [-0.3, -0.25) is 0 Å². The van der Waals surface area contributed by atoms with Gasteiger partial charge in [0.05, 0.1) is 5.39 Å². The van der Waals surface area contributed by atoms with Gasteiger partial charge in [0, 0.05) is 29.5 Å². The monoisotopic (exact) mass is 400 g/mol. The van der Waals surface area contributed by atoms with Gasteiger partial charge in [0.25, 0.3) is 0 Å². The summed E-state index contributed by atoms with van der Waals surface area (Å²) in [5.41, 5.74) is 4.51. The van der Waals surface area contributed by atoms with Crippen LogP contribution in [0.4, 0.5) is 16.3 Å². The number of hydrogen-bond acceptors (Lipinski definition) is 4. The van der Waals surface area contributed by atoms with Crippen LogP contribution in [0.2, 0.25) is 0 Å². The van der Waals surface area contributed by atoms with E-state index in [1.807, 2.05) is 55.5 Å². The standard InChI is InChI=1S/C23H24N6O/c1-3-24-23(30)28-18-11-7-10-17(12-18)20-13-19-21(25-14-26-22(19)29-20)27-15(2)16-8-5-4-6-9-16/h4-15H,3H2,1-2H3,(H2,24,28,30)(H2,25,26,27,29). The molecule has 1 atom stereocenters. The van der Waals surface area contributed by atoms with E-state index in [4.69, 9.17) is 0 Å². The molecule has 0 aliphatic carbocycles. The van der Waals surface area contributed by atoms with Gasteiger partial charge < -0.3 is 20.9 Å². The molecule has 2 aromatic heterocycles. The maximum atomic E-state index is 11.8. The van der Waals surface area contributed by atoms with E-state index >= 15 is 0 Å². The number of H-pyrrole nitrogens is 1. The van der Waals surface area contributed by atoms with Crippen LogP contribution in [-0.2, 0) is 0 Å². The summed E-state index contributed by atoms with van der Waals surface area (Å²) >= 11 is 0. The summed E-state index contributed by atoms with van der Waals surface area (Å²) in [6.45, 7) is 4.56.